The van der Waals surface area contributed by atoms with Gasteiger partial charge in [-0.1, -0.05) is 25.7 Å². The summed E-state index contributed by atoms with van der Waals surface area (Å²) in [5.41, 5.74) is 0.762. The lowest BCUT2D eigenvalue weighted by molar-refractivity contribution is -0.125. The largest absolute Gasteiger partial charge is 0.452 e. The first kappa shape index (κ1) is 19.4. The van der Waals surface area contributed by atoms with Crippen LogP contribution < -0.4 is 10.6 Å². The van der Waals surface area contributed by atoms with Crippen molar-refractivity contribution in [3.63, 3.8) is 0 Å². The van der Waals surface area contributed by atoms with E-state index >= 15 is 0 Å². The average Bonchev–Trinajstić information content (AvgIpc) is 2.89. The maximum Gasteiger partial charge on any atom is 0.338 e. The number of nitrogens with zero attached hydrogens (tertiary/aromatic N) is 1. The molecule has 0 radical (unpaired) electrons. The Hall–Kier alpha value is -2.88. The number of rotatable bonds is 6. The topological polar surface area (TPSA) is 108 Å². The summed E-state index contributed by atoms with van der Waals surface area (Å²) in [4.78, 5) is 35.3. The van der Waals surface area contributed by atoms with Gasteiger partial charge >= 0.3 is 5.97 Å². The van der Waals surface area contributed by atoms with E-state index < -0.39 is 11.9 Å². The lowest BCUT2D eigenvalue weighted by Gasteiger charge is -2.16. The van der Waals surface area contributed by atoms with Crippen molar-refractivity contribution in [2.24, 2.45) is 0 Å². The second-order valence-corrected chi connectivity index (χ2v) is 6.29. The molecular formula is C19H23N3O4. The molecule has 0 atom stereocenters. The van der Waals surface area contributed by atoms with Crippen molar-refractivity contribution in [2.75, 3.05) is 11.9 Å². The van der Waals surface area contributed by atoms with E-state index in [1.165, 1.54) is 37.1 Å². The summed E-state index contributed by atoms with van der Waals surface area (Å²) in [6.07, 6.45) is 6.34. The standard InChI is InChI=1S/C19H23N3O4/c20-12-11-17(23)21-16-9-7-14(8-10-16)19(25)26-13-18(24)22-15-5-3-1-2-4-6-15/h7-10,15H,1-6,11,13H2,(H,21,23)(H,22,24). The zero-order chi connectivity index (χ0) is 18.8. The van der Waals surface area contributed by atoms with E-state index in [0.717, 1.165) is 25.7 Å². The van der Waals surface area contributed by atoms with Crippen molar-refractivity contribution >= 4 is 23.5 Å². The molecular weight excluding hydrogens is 334 g/mol. The van der Waals surface area contributed by atoms with Crippen LogP contribution in [0.15, 0.2) is 24.3 Å². The van der Waals surface area contributed by atoms with E-state index in [4.69, 9.17) is 10.00 Å². The molecule has 0 saturated heterocycles. The van der Waals surface area contributed by atoms with Crippen molar-refractivity contribution in [2.45, 2.75) is 51.0 Å². The van der Waals surface area contributed by atoms with Crippen LogP contribution in [-0.2, 0) is 14.3 Å². The molecule has 2 amide bonds. The Morgan fingerprint density at radius 3 is 2.31 bits per heavy atom. The summed E-state index contributed by atoms with van der Waals surface area (Å²) in [6, 6.07) is 7.99. The van der Waals surface area contributed by atoms with E-state index in [0.29, 0.717) is 5.69 Å². The summed E-state index contributed by atoms with van der Waals surface area (Å²) in [5.74, 6) is -1.31. The van der Waals surface area contributed by atoms with E-state index in [9.17, 15) is 14.4 Å². The van der Waals surface area contributed by atoms with E-state index in [1.54, 1.807) is 6.07 Å². The van der Waals surface area contributed by atoms with Crippen LogP contribution in [0.2, 0.25) is 0 Å². The van der Waals surface area contributed by atoms with Crippen LogP contribution in [0.1, 0.15) is 55.3 Å². The number of nitrogens with one attached hydrogen (secondary N) is 2. The van der Waals surface area contributed by atoms with Crippen molar-refractivity contribution in [3.8, 4) is 6.07 Å². The summed E-state index contributed by atoms with van der Waals surface area (Å²) in [6.45, 7) is -0.310. The smallest absolute Gasteiger partial charge is 0.338 e. The summed E-state index contributed by atoms with van der Waals surface area (Å²) >= 11 is 0. The van der Waals surface area contributed by atoms with E-state index in [-0.39, 0.29) is 30.5 Å². The number of amides is 2. The number of nitriles is 1. The van der Waals surface area contributed by atoms with Crippen LogP contribution in [0.5, 0.6) is 0 Å². The normalized spacial score (nSPS) is 14.6. The fourth-order valence-corrected chi connectivity index (χ4v) is 2.87. The molecule has 0 aromatic heterocycles. The molecule has 0 spiro atoms. The Kier molecular flexibility index (Phi) is 7.62. The monoisotopic (exact) mass is 357 g/mol. The van der Waals surface area contributed by atoms with Gasteiger partial charge in [0.2, 0.25) is 5.91 Å². The highest BCUT2D eigenvalue weighted by Crippen LogP contribution is 2.17. The molecule has 26 heavy (non-hydrogen) atoms. The molecule has 1 fully saturated rings. The molecule has 0 bridgehead atoms. The highest BCUT2D eigenvalue weighted by atomic mass is 16.5. The minimum atomic E-state index is -0.601. The quantitative estimate of drug-likeness (QED) is 0.601. The summed E-state index contributed by atoms with van der Waals surface area (Å²) < 4.78 is 5.04. The van der Waals surface area contributed by atoms with Crippen molar-refractivity contribution in [1.82, 2.24) is 5.32 Å². The minimum absolute atomic E-state index is 0.167. The van der Waals surface area contributed by atoms with Gasteiger partial charge in [-0.05, 0) is 37.1 Å². The number of carbonyl (C=O) groups excluding carboxylic acids is 3. The number of benzene rings is 1. The van der Waals surface area contributed by atoms with Crippen LogP contribution >= 0.6 is 0 Å². The lowest BCUT2D eigenvalue weighted by Crippen LogP contribution is -2.37. The predicted octanol–water partition coefficient (Wildman–Crippen LogP) is 2.53. The molecule has 0 heterocycles. The fraction of sp³-hybridized carbons (Fsp3) is 0.474. The zero-order valence-electron chi connectivity index (χ0n) is 14.6. The Morgan fingerprint density at radius 1 is 1.04 bits per heavy atom. The third-order valence-corrected chi connectivity index (χ3v) is 4.20. The lowest BCUT2D eigenvalue weighted by atomic mass is 10.1. The average molecular weight is 357 g/mol. The number of ether oxygens (including phenoxy) is 1. The van der Waals surface area contributed by atoms with Gasteiger partial charge in [0.25, 0.3) is 5.91 Å². The third kappa shape index (κ3) is 6.55. The minimum Gasteiger partial charge on any atom is -0.452 e. The number of esters is 1. The van der Waals surface area contributed by atoms with Gasteiger partial charge in [0.1, 0.15) is 6.42 Å². The van der Waals surface area contributed by atoms with Gasteiger partial charge in [-0.3, -0.25) is 9.59 Å². The van der Waals surface area contributed by atoms with Crippen LogP contribution in [0, 0.1) is 11.3 Å². The number of hydrogen-bond acceptors (Lipinski definition) is 5. The molecule has 1 saturated carbocycles. The van der Waals surface area contributed by atoms with Crippen LogP contribution in [-0.4, -0.2) is 30.4 Å². The molecule has 7 heteroatoms. The molecule has 7 nitrogen and oxygen atoms in total. The summed E-state index contributed by atoms with van der Waals surface area (Å²) in [7, 11) is 0. The maximum absolute atomic E-state index is 12.0. The summed E-state index contributed by atoms with van der Waals surface area (Å²) in [5, 5.41) is 13.9. The van der Waals surface area contributed by atoms with E-state index in [2.05, 4.69) is 10.6 Å². The highest BCUT2D eigenvalue weighted by molar-refractivity contribution is 5.94. The van der Waals surface area contributed by atoms with Crippen molar-refractivity contribution in [1.29, 1.82) is 5.26 Å². The van der Waals surface area contributed by atoms with Gasteiger partial charge in [0.05, 0.1) is 11.6 Å². The molecule has 138 valence electrons. The maximum atomic E-state index is 12.0. The molecule has 2 N–H and O–H groups in total. The van der Waals surface area contributed by atoms with E-state index in [1.807, 2.05) is 0 Å². The number of hydrogen-bond donors (Lipinski definition) is 2. The van der Waals surface area contributed by atoms with Gasteiger partial charge < -0.3 is 15.4 Å². The Balaban J connectivity index is 1.77. The van der Waals surface area contributed by atoms with Gasteiger partial charge in [-0.15, -0.1) is 0 Å². The predicted molar refractivity (Wildman–Crippen MR) is 95.2 cm³/mol. The van der Waals surface area contributed by atoms with Gasteiger partial charge in [-0.2, -0.15) is 5.26 Å². The highest BCUT2D eigenvalue weighted by Gasteiger charge is 2.16. The second-order valence-electron chi connectivity index (χ2n) is 6.29. The first-order chi connectivity index (χ1) is 12.6. The molecule has 0 aliphatic heterocycles. The Labute approximate surface area is 152 Å². The van der Waals surface area contributed by atoms with Gasteiger partial charge in [0.15, 0.2) is 6.61 Å². The van der Waals surface area contributed by atoms with Crippen LogP contribution in [0.3, 0.4) is 0 Å². The molecule has 2 rings (SSSR count). The fourth-order valence-electron chi connectivity index (χ4n) is 2.87. The van der Waals surface area contributed by atoms with Crippen molar-refractivity contribution in [3.05, 3.63) is 29.8 Å². The Morgan fingerprint density at radius 2 is 1.69 bits per heavy atom. The zero-order valence-corrected chi connectivity index (χ0v) is 14.6. The molecule has 0 unspecified atom stereocenters. The molecule has 1 aromatic carbocycles. The third-order valence-electron chi connectivity index (χ3n) is 4.20. The van der Waals surface area contributed by atoms with Gasteiger partial charge in [-0.25, -0.2) is 4.79 Å². The first-order valence-electron chi connectivity index (χ1n) is 8.82. The number of anilines is 1. The van der Waals surface area contributed by atoms with Crippen molar-refractivity contribution < 1.29 is 19.1 Å². The van der Waals surface area contributed by atoms with Crippen LogP contribution in [0.25, 0.3) is 0 Å². The number of carbonyl (C=O) groups is 3. The second kappa shape index (κ2) is 10.2. The molecule has 1 aliphatic carbocycles. The Bertz CT molecular complexity index is 671. The van der Waals surface area contributed by atoms with Gasteiger partial charge in [0, 0.05) is 11.7 Å². The molecule has 1 aliphatic rings. The first-order valence-corrected chi connectivity index (χ1v) is 8.82. The van der Waals surface area contributed by atoms with Crippen LogP contribution in [0.4, 0.5) is 5.69 Å². The molecule has 1 aromatic rings. The SMILES string of the molecule is N#CCC(=O)Nc1ccc(C(=O)OCC(=O)NC2CCCCCC2)cc1.